The number of piperidine rings is 1. The van der Waals surface area contributed by atoms with E-state index in [1.165, 1.54) is 0 Å². The number of benzene rings is 1. The summed E-state index contributed by atoms with van der Waals surface area (Å²) < 4.78 is 6.25. The summed E-state index contributed by atoms with van der Waals surface area (Å²) in [7, 11) is 1.92. The van der Waals surface area contributed by atoms with Gasteiger partial charge in [0.2, 0.25) is 0 Å². The zero-order valence-electron chi connectivity index (χ0n) is 15.4. The molecule has 2 aromatic rings. The Morgan fingerprint density at radius 2 is 1.88 bits per heavy atom. The number of fused-ring (bicyclic) bond motifs is 1. The summed E-state index contributed by atoms with van der Waals surface area (Å²) in [6.07, 6.45) is 2.23. The van der Waals surface area contributed by atoms with Gasteiger partial charge in [0.05, 0.1) is 5.39 Å². The van der Waals surface area contributed by atoms with E-state index in [1.54, 1.807) is 6.07 Å². The molecule has 1 aliphatic heterocycles. The van der Waals surface area contributed by atoms with Gasteiger partial charge in [-0.1, -0.05) is 19.9 Å². The van der Waals surface area contributed by atoms with Crippen molar-refractivity contribution in [2.24, 2.45) is 5.41 Å². The first kappa shape index (κ1) is 17.0. The molecule has 24 heavy (non-hydrogen) atoms. The van der Waals surface area contributed by atoms with Crippen LogP contribution in [-0.4, -0.2) is 20.1 Å². The third-order valence-corrected chi connectivity index (χ3v) is 5.32. The first-order valence-electron chi connectivity index (χ1n) is 8.81. The van der Waals surface area contributed by atoms with Crippen molar-refractivity contribution >= 4 is 16.9 Å². The number of aryl methyl sites for hydroxylation is 1. The molecule has 1 unspecified atom stereocenters. The molecule has 1 fully saturated rings. The molecular weight excluding hydrogens is 300 g/mol. The van der Waals surface area contributed by atoms with Crippen LogP contribution in [0.3, 0.4) is 0 Å². The van der Waals surface area contributed by atoms with E-state index in [2.05, 4.69) is 37.1 Å². The Morgan fingerprint density at radius 1 is 1.21 bits per heavy atom. The Labute approximate surface area is 143 Å². The van der Waals surface area contributed by atoms with Crippen molar-refractivity contribution in [2.45, 2.75) is 46.6 Å². The smallest absolute Gasteiger partial charge is 0.200 e. The van der Waals surface area contributed by atoms with E-state index in [0.717, 1.165) is 42.6 Å². The van der Waals surface area contributed by atoms with Crippen LogP contribution in [0.5, 0.6) is 0 Å². The van der Waals surface area contributed by atoms with Gasteiger partial charge in [0.1, 0.15) is 5.58 Å². The van der Waals surface area contributed by atoms with Gasteiger partial charge in [-0.05, 0) is 50.8 Å². The van der Waals surface area contributed by atoms with Crippen LogP contribution in [-0.2, 0) is 0 Å². The largest absolute Gasteiger partial charge is 0.440 e. The highest BCUT2D eigenvalue weighted by Gasteiger charge is 2.27. The Bertz CT molecular complexity index is 797. The van der Waals surface area contributed by atoms with Crippen LogP contribution in [0, 0.1) is 12.3 Å². The lowest BCUT2D eigenvalue weighted by Gasteiger charge is -2.37. The fraction of sp³-hybridized carbons (Fsp3) is 0.550. The minimum absolute atomic E-state index is 0.0457. The van der Waals surface area contributed by atoms with Gasteiger partial charge < -0.3 is 14.6 Å². The van der Waals surface area contributed by atoms with Crippen LogP contribution >= 0.6 is 0 Å². The maximum atomic E-state index is 12.7. The van der Waals surface area contributed by atoms with E-state index in [4.69, 9.17) is 4.42 Å². The van der Waals surface area contributed by atoms with Gasteiger partial charge in [0.15, 0.2) is 11.3 Å². The molecule has 2 heterocycles. The Hall–Kier alpha value is -1.81. The van der Waals surface area contributed by atoms with Crippen molar-refractivity contribution in [2.75, 3.05) is 25.0 Å². The van der Waals surface area contributed by atoms with Gasteiger partial charge in [-0.15, -0.1) is 0 Å². The SMILES string of the molecule is CNC(C)c1cc(C)cc2c(=O)cc(N3CCC(C)(C)CC3)oc12. The zero-order chi connectivity index (χ0) is 17.5. The predicted molar refractivity (Wildman–Crippen MR) is 99.9 cm³/mol. The second-order valence-corrected chi connectivity index (χ2v) is 7.84. The summed E-state index contributed by atoms with van der Waals surface area (Å²) >= 11 is 0. The molecule has 4 nitrogen and oxygen atoms in total. The lowest BCUT2D eigenvalue weighted by molar-refractivity contribution is 0.274. The first-order valence-corrected chi connectivity index (χ1v) is 8.81. The van der Waals surface area contributed by atoms with Gasteiger partial charge >= 0.3 is 0 Å². The molecule has 4 heteroatoms. The quantitative estimate of drug-likeness (QED) is 0.925. The van der Waals surface area contributed by atoms with E-state index in [-0.39, 0.29) is 11.5 Å². The highest BCUT2D eigenvalue weighted by molar-refractivity contribution is 5.82. The Balaban J connectivity index is 2.09. The summed E-state index contributed by atoms with van der Waals surface area (Å²) in [5.74, 6) is 0.705. The number of hydrogen-bond donors (Lipinski definition) is 1. The predicted octanol–water partition coefficient (Wildman–Crippen LogP) is 4.01. The molecule has 0 bridgehead atoms. The van der Waals surface area contributed by atoms with Gasteiger partial charge in [-0.25, -0.2) is 0 Å². The molecule has 1 aliphatic rings. The summed E-state index contributed by atoms with van der Waals surface area (Å²) in [5, 5.41) is 3.93. The molecule has 130 valence electrons. The van der Waals surface area contributed by atoms with Crippen LogP contribution in [0.2, 0.25) is 0 Å². The van der Waals surface area contributed by atoms with E-state index in [0.29, 0.717) is 16.7 Å². The molecule has 0 radical (unpaired) electrons. The van der Waals surface area contributed by atoms with Gasteiger partial charge in [0, 0.05) is 30.8 Å². The molecule has 0 spiro atoms. The topological polar surface area (TPSA) is 45.5 Å². The monoisotopic (exact) mass is 328 g/mol. The molecule has 1 atom stereocenters. The fourth-order valence-electron chi connectivity index (χ4n) is 3.39. The minimum atomic E-state index is 0.0457. The van der Waals surface area contributed by atoms with E-state index in [1.807, 2.05) is 20.0 Å². The average Bonchev–Trinajstić information content (AvgIpc) is 2.54. The molecule has 0 saturated carbocycles. The second-order valence-electron chi connectivity index (χ2n) is 7.84. The summed E-state index contributed by atoms with van der Waals surface area (Å²) in [4.78, 5) is 14.9. The highest BCUT2D eigenvalue weighted by atomic mass is 16.4. The molecule has 0 aliphatic carbocycles. The van der Waals surface area contributed by atoms with Gasteiger partial charge in [-0.3, -0.25) is 4.79 Å². The number of rotatable bonds is 3. The summed E-state index contributed by atoms with van der Waals surface area (Å²) in [5.41, 5.74) is 3.26. The summed E-state index contributed by atoms with van der Waals surface area (Å²) in [6.45, 7) is 10.6. The van der Waals surface area contributed by atoms with Crippen LogP contribution in [0.25, 0.3) is 11.0 Å². The molecular formula is C20H28N2O2. The lowest BCUT2D eigenvalue weighted by Crippen LogP contribution is -2.37. The minimum Gasteiger partial charge on any atom is -0.440 e. The fourth-order valence-corrected chi connectivity index (χ4v) is 3.39. The van der Waals surface area contributed by atoms with E-state index >= 15 is 0 Å². The van der Waals surface area contributed by atoms with Crippen molar-refractivity contribution in [1.29, 1.82) is 0 Å². The standard InChI is InChI=1S/C20H28N2O2/c1-13-10-15(14(2)21-5)19-16(11-13)17(23)12-18(24-19)22-8-6-20(3,4)7-9-22/h10-12,14,21H,6-9H2,1-5H3. The zero-order valence-corrected chi connectivity index (χ0v) is 15.4. The normalized spacial score (nSPS) is 18.8. The molecule has 3 rings (SSSR count). The summed E-state index contributed by atoms with van der Waals surface area (Å²) in [6, 6.07) is 5.82. The maximum Gasteiger partial charge on any atom is 0.200 e. The Kier molecular flexibility index (Phi) is 4.43. The third-order valence-electron chi connectivity index (χ3n) is 5.32. The number of nitrogens with zero attached hydrogens (tertiary/aromatic N) is 1. The van der Waals surface area contributed by atoms with Gasteiger partial charge in [0.25, 0.3) is 0 Å². The first-order chi connectivity index (χ1) is 11.3. The molecule has 1 aromatic heterocycles. The molecule has 1 aromatic carbocycles. The van der Waals surface area contributed by atoms with Crippen molar-refractivity contribution in [1.82, 2.24) is 5.32 Å². The molecule has 1 N–H and O–H groups in total. The van der Waals surface area contributed by atoms with Crippen molar-refractivity contribution in [3.05, 3.63) is 39.5 Å². The van der Waals surface area contributed by atoms with Crippen molar-refractivity contribution in [3.63, 3.8) is 0 Å². The van der Waals surface area contributed by atoms with E-state index < -0.39 is 0 Å². The van der Waals surface area contributed by atoms with Crippen LogP contribution in [0.4, 0.5) is 5.88 Å². The van der Waals surface area contributed by atoms with Crippen LogP contribution in [0.15, 0.2) is 27.4 Å². The second kappa shape index (κ2) is 6.25. The van der Waals surface area contributed by atoms with Crippen LogP contribution in [0.1, 0.15) is 50.8 Å². The lowest BCUT2D eigenvalue weighted by atomic mass is 9.83. The van der Waals surface area contributed by atoms with Crippen molar-refractivity contribution < 1.29 is 4.42 Å². The maximum absolute atomic E-state index is 12.7. The third kappa shape index (κ3) is 3.20. The number of hydrogen-bond acceptors (Lipinski definition) is 4. The highest BCUT2D eigenvalue weighted by Crippen LogP contribution is 2.33. The number of nitrogens with one attached hydrogen (secondary N) is 1. The van der Waals surface area contributed by atoms with Crippen molar-refractivity contribution in [3.8, 4) is 0 Å². The molecule has 1 saturated heterocycles. The average molecular weight is 328 g/mol. The number of anilines is 1. The molecule has 0 amide bonds. The Morgan fingerprint density at radius 3 is 2.50 bits per heavy atom. The van der Waals surface area contributed by atoms with Crippen LogP contribution < -0.4 is 15.6 Å². The van der Waals surface area contributed by atoms with Gasteiger partial charge in [-0.2, -0.15) is 0 Å². The van der Waals surface area contributed by atoms with E-state index in [9.17, 15) is 4.79 Å².